The van der Waals surface area contributed by atoms with Crippen molar-refractivity contribution in [2.24, 2.45) is 0 Å². The van der Waals surface area contributed by atoms with E-state index in [0.717, 1.165) is 16.9 Å². The summed E-state index contributed by atoms with van der Waals surface area (Å²) in [5.41, 5.74) is 2.51. The summed E-state index contributed by atoms with van der Waals surface area (Å²) in [4.78, 5) is 14.5. The van der Waals surface area contributed by atoms with Gasteiger partial charge in [0.25, 0.3) is 5.91 Å². The number of H-pyrrole nitrogens is 1. The Labute approximate surface area is 129 Å². The molecule has 118 valence electrons. The second-order valence-electron chi connectivity index (χ2n) is 5.50. The summed E-state index contributed by atoms with van der Waals surface area (Å²) in [6.07, 6.45) is 0. The number of nitrogens with one attached hydrogen (secondary N) is 1. The normalized spacial score (nSPS) is 10.8. The highest BCUT2D eigenvalue weighted by Crippen LogP contribution is 2.25. The van der Waals surface area contributed by atoms with Gasteiger partial charge in [0.2, 0.25) is 0 Å². The Hall–Kier alpha value is -2.44. The number of hydrogen-bond donors (Lipinski definition) is 1. The first-order valence-corrected chi connectivity index (χ1v) is 7.12. The van der Waals surface area contributed by atoms with Crippen LogP contribution in [-0.4, -0.2) is 44.6 Å². The molecule has 1 aromatic heterocycles. The molecule has 0 spiro atoms. The zero-order valence-corrected chi connectivity index (χ0v) is 13.5. The molecule has 0 radical (unpaired) electrons. The summed E-state index contributed by atoms with van der Waals surface area (Å²) in [6, 6.07) is 3.72. The number of aromatic amines is 1. The molecule has 1 aromatic carbocycles. The van der Waals surface area contributed by atoms with Gasteiger partial charge in [-0.25, -0.2) is 0 Å². The van der Waals surface area contributed by atoms with Crippen LogP contribution < -0.4 is 4.74 Å². The zero-order chi connectivity index (χ0) is 16.3. The molecule has 2 rings (SSSR count). The van der Waals surface area contributed by atoms with Crippen molar-refractivity contribution in [3.05, 3.63) is 34.6 Å². The van der Waals surface area contributed by atoms with Crippen LogP contribution >= 0.6 is 0 Å². The summed E-state index contributed by atoms with van der Waals surface area (Å²) in [6.45, 7) is 8.10. The first-order chi connectivity index (χ1) is 10.4. The van der Waals surface area contributed by atoms with Gasteiger partial charge in [-0.2, -0.15) is 5.21 Å². The standard InChI is InChI=1S/C15H21N5O2/c1-9(2)20(8-13-16-18-19-17-13)15(21)12-6-10(3)14(22-5)11(4)7-12/h6-7,9H,8H2,1-5H3,(H,16,17,18,19). The Morgan fingerprint density at radius 3 is 2.41 bits per heavy atom. The van der Waals surface area contributed by atoms with Crippen LogP contribution in [0.4, 0.5) is 0 Å². The van der Waals surface area contributed by atoms with Gasteiger partial charge in [0.15, 0.2) is 5.82 Å². The number of benzene rings is 1. The number of carbonyl (C=O) groups is 1. The predicted octanol–water partition coefficient (Wildman–Crippen LogP) is 1.88. The summed E-state index contributed by atoms with van der Waals surface area (Å²) in [5, 5.41) is 13.8. The van der Waals surface area contributed by atoms with Crippen LogP contribution in [0, 0.1) is 13.8 Å². The largest absolute Gasteiger partial charge is 0.496 e. The number of amides is 1. The minimum absolute atomic E-state index is 0.0220. The molecule has 0 aliphatic rings. The number of ether oxygens (including phenoxy) is 1. The highest BCUT2D eigenvalue weighted by Gasteiger charge is 2.22. The van der Waals surface area contributed by atoms with Gasteiger partial charge >= 0.3 is 0 Å². The zero-order valence-electron chi connectivity index (χ0n) is 13.5. The molecule has 0 bridgehead atoms. The van der Waals surface area contributed by atoms with E-state index >= 15 is 0 Å². The maximum atomic E-state index is 12.8. The lowest BCUT2D eigenvalue weighted by molar-refractivity contribution is 0.0685. The van der Waals surface area contributed by atoms with Gasteiger partial charge in [-0.15, -0.1) is 10.2 Å². The van der Waals surface area contributed by atoms with Crippen LogP contribution in [0.5, 0.6) is 5.75 Å². The Bertz CT molecular complexity index is 629. The number of nitrogens with zero attached hydrogens (tertiary/aromatic N) is 4. The predicted molar refractivity (Wildman–Crippen MR) is 81.7 cm³/mol. The quantitative estimate of drug-likeness (QED) is 0.911. The van der Waals surface area contributed by atoms with E-state index in [4.69, 9.17) is 4.74 Å². The number of aromatic nitrogens is 4. The number of tetrazole rings is 1. The van der Waals surface area contributed by atoms with Gasteiger partial charge < -0.3 is 9.64 Å². The first kappa shape index (κ1) is 15.9. The lowest BCUT2D eigenvalue weighted by Gasteiger charge is -2.26. The third-order valence-corrected chi connectivity index (χ3v) is 3.50. The van der Waals surface area contributed by atoms with Crippen molar-refractivity contribution in [2.75, 3.05) is 7.11 Å². The minimum atomic E-state index is -0.0614. The van der Waals surface area contributed by atoms with Crippen LogP contribution in [0.25, 0.3) is 0 Å². The molecule has 0 unspecified atom stereocenters. The van der Waals surface area contributed by atoms with E-state index in [1.165, 1.54) is 0 Å². The average Bonchev–Trinajstić information content (AvgIpc) is 2.96. The Morgan fingerprint density at radius 2 is 1.95 bits per heavy atom. The number of hydrogen-bond acceptors (Lipinski definition) is 5. The average molecular weight is 303 g/mol. The van der Waals surface area contributed by atoms with Crippen molar-refractivity contribution < 1.29 is 9.53 Å². The fraction of sp³-hybridized carbons (Fsp3) is 0.467. The molecular weight excluding hydrogens is 282 g/mol. The van der Waals surface area contributed by atoms with Gasteiger partial charge in [-0.05, 0) is 51.0 Å². The van der Waals surface area contributed by atoms with E-state index in [1.54, 1.807) is 12.0 Å². The SMILES string of the molecule is COc1c(C)cc(C(=O)N(Cc2nn[nH]n2)C(C)C)cc1C. The minimum Gasteiger partial charge on any atom is -0.496 e. The van der Waals surface area contributed by atoms with Crippen LogP contribution in [0.2, 0.25) is 0 Å². The van der Waals surface area contributed by atoms with E-state index in [-0.39, 0.29) is 11.9 Å². The van der Waals surface area contributed by atoms with Gasteiger partial charge in [0.1, 0.15) is 5.75 Å². The van der Waals surface area contributed by atoms with Crippen LogP contribution in [0.15, 0.2) is 12.1 Å². The first-order valence-electron chi connectivity index (χ1n) is 7.12. The van der Waals surface area contributed by atoms with Crippen molar-refractivity contribution in [1.82, 2.24) is 25.5 Å². The Balaban J connectivity index is 2.31. The van der Waals surface area contributed by atoms with Crippen LogP contribution in [0.3, 0.4) is 0 Å². The monoisotopic (exact) mass is 303 g/mol. The molecule has 1 amide bonds. The second kappa shape index (κ2) is 6.55. The maximum Gasteiger partial charge on any atom is 0.254 e. The highest BCUT2D eigenvalue weighted by atomic mass is 16.5. The van der Waals surface area contributed by atoms with Gasteiger partial charge in [-0.1, -0.05) is 5.21 Å². The van der Waals surface area contributed by atoms with Crippen molar-refractivity contribution in [3.63, 3.8) is 0 Å². The fourth-order valence-electron chi connectivity index (χ4n) is 2.45. The van der Waals surface area contributed by atoms with Gasteiger partial charge in [-0.3, -0.25) is 4.79 Å². The smallest absolute Gasteiger partial charge is 0.254 e. The summed E-state index contributed by atoms with van der Waals surface area (Å²) in [7, 11) is 1.63. The number of rotatable bonds is 5. The second-order valence-corrected chi connectivity index (χ2v) is 5.50. The fourth-order valence-corrected chi connectivity index (χ4v) is 2.45. The Morgan fingerprint density at radius 1 is 1.32 bits per heavy atom. The summed E-state index contributed by atoms with van der Waals surface area (Å²) in [5.74, 6) is 1.24. The van der Waals surface area contributed by atoms with E-state index < -0.39 is 0 Å². The Kier molecular flexibility index (Phi) is 4.75. The maximum absolute atomic E-state index is 12.8. The number of methoxy groups -OCH3 is 1. The van der Waals surface area contributed by atoms with E-state index in [9.17, 15) is 4.79 Å². The molecule has 0 atom stereocenters. The molecular formula is C15H21N5O2. The molecule has 22 heavy (non-hydrogen) atoms. The highest BCUT2D eigenvalue weighted by molar-refractivity contribution is 5.95. The summed E-state index contributed by atoms with van der Waals surface area (Å²) >= 11 is 0. The van der Waals surface area contributed by atoms with E-state index in [2.05, 4.69) is 20.6 Å². The van der Waals surface area contributed by atoms with Crippen molar-refractivity contribution >= 4 is 5.91 Å². The third kappa shape index (κ3) is 3.24. The van der Waals surface area contributed by atoms with Gasteiger partial charge in [0, 0.05) is 11.6 Å². The van der Waals surface area contributed by atoms with Crippen molar-refractivity contribution in [3.8, 4) is 5.75 Å². The lowest BCUT2D eigenvalue weighted by atomic mass is 10.0. The molecule has 0 aliphatic carbocycles. The van der Waals surface area contributed by atoms with Crippen LogP contribution in [0.1, 0.15) is 41.2 Å². The lowest BCUT2D eigenvalue weighted by Crippen LogP contribution is -2.36. The molecule has 7 heteroatoms. The molecule has 2 aromatic rings. The van der Waals surface area contributed by atoms with Crippen molar-refractivity contribution in [1.29, 1.82) is 0 Å². The third-order valence-electron chi connectivity index (χ3n) is 3.50. The van der Waals surface area contributed by atoms with E-state index in [0.29, 0.717) is 17.9 Å². The number of aryl methyl sites for hydroxylation is 2. The molecule has 0 saturated heterocycles. The molecule has 7 nitrogen and oxygen atoms in total. The number of carbonyl (C=O) groups excluding carboxylic acids is 1. The molecule has 0 aliphatic heterocycles. The van der Waals surface area contributed by atoms with Gasteiger partial charge in [0.05, 0.1) is 13.7 Å². The topological polar surface area (TPSA) is 84.0 Å². The molecule has 1 N–H and O–H groups in total. The van der Waals surface area contributed by atoms with E-state index in [1.807, 2.05) is 39.8 Å². The molecule has 1 heterocycles. The summed E-state index contributed by atoms with van der Waals surface area (Å²) < 4.78 is 5.35. The van der Waals surface area contributed by atoms with Crippen molar-refractivity contribution in [2.45, 2.75) is 40.3 Å². The molecule has 0 saturated carbocycles. The molecule has 0 fully saturated rings. The van der Waals surface area contributed by atoms with Crippen LogP contribution in [-0.2, 0) is 6.54 Å².